The van der Waals surface area contributed by atoms with Crippen molar-refractivity contribution in [2.24, 2.45) is 0 Å². The molecule has 0 aromatic heterocycles. The molecule has 2 aromatic carbocycles. The van der Waals surface area contributed by atoms with Gasteiger partial charge in [0.15, 0.2) is 0 Å². The summed E-state index contributed by atoms with van der Waals surface area (Å²) < 4.78 is 31.7. The molecule has 10 heteroatoms. The second-order valence-electron chi connectivity index (χ2n) is 6.33. The highest BCUT2D eigenvalue weighted by molar-refractivity contribution is 7.89. The van der Waals surface area contributed by atoms with E-state index in [1.165, 1.54) is 40.7 Å². The molecule has 29 heavy (non-hydrogen) atoms. The van der Waals surface area contributed by atoms with Crippen LogP contribution in [0.25, 0.3) is 0 Å². The molecule has 3 N–H and O–H groups in total. The fourth-order valence-corrected chi connectivity index (χ4v) is 4.17. The van der Waals surface area contributed by atoms with Crippen LogP contribution >= 0.6 is 0 Å². The summed E-state index contributed by atoms with van der Waals surface area (Å²) >= 11 is 0. The van der Waals surface area contributed by atoms with E-state index in [1.807, 2.05) is 0 Å². The molecule has 0 atom stereocenters. The van der Waals surface area contributed by atoms with Crippen molar-refractivity contribution < 1.29 is 27.9 Å². The molecule has 1 heterocycles. The van der Waals surface area contributed by atoms with Gasteiger partial charge in [-0.2, -0.15) is 4.31 Å². The SMILES string of the molecule is O=C(CNc1ccc(C(=O)O)cc1)Nc1ccc(S(=O)(=O)N2CCOCC2)cc1. The standard InChI is InChI=1S/C19H21N3O6S/c23-18(13-20-15-3-1-14(2-4-15)19(24)25)21-16-5-7-17(8-6-16)29(26,27)22-9-11-28-12-10-22/h1-8,20H,9-13H2,(H,21,23)(H,24,25). The van der Waals surface area contributed by atoms with Crippen LogP contribution in [0.15, 0.2) is 53.4 Å². The Bertz CT molecular complexity index is 968. The Hall–Kier alpha value is -2.95. The number of carbonyl (C=O) groups excluding carboxylic acids is 1. The summed E-state index contributed by atoms with van der Waals surface area (Å²) in [5.41, 5.74) is 1.24. The Balaban J connectivity index is 1.55. The molecule has 1 saturated heterocycles. The van der Waals surface area contributed by atoms with Crippen LogP contribution < -0.4 is 10.6 Å². The molecule has 0 radical (unpaired) electrons. The van der Waals surface area contributed by atoms with E-state index in [0.29, 0.717) is 37.7 Å². The number of nitrogens with one attached hydrogen (secondary N) is 2. The van der Waals surface area contributed by atoms with Crippen molar-refractivity contribution in [3.63, 3.8) is 0 Å². The van der Waals surface area contributed by atoms with Gasteiger partial charge < -0.3 is 20.5 Å². The molecule has 3 rings (SSSR count). The van der Waals surface area contributed by atoms with E-state index in [9.17, 15) is 18.0 Å². The van der Waals surface area contributed by atoms with Crippen LogP contribution in [0.4, 0.5) is 11.4 Å². The van der Waals surface area contributed by atoms with Crippen molar-refractivity contribution in [2.75, 3.05) is 43.5 Å². The van der Waals surface area contributed by atoms with Crippen molar-refractivity contribution in [1.29, 1.82) is 0 Å². The molecule has 0 unspecified atom stereocenters. The van der Waals surface area contributed by atoms with Crippen LogP contribution in [0, 0.1) is 0 Å². The smallest absolute Gasteiger partial charge is 0.335 e. The van der Waals surface area contributed by atoms with E-state index >= 15 is 0 Å². The van der Waals surface area contributed by atoms with E-state index in [0.717, 1.165) is 0 Å². The quantitative estimate of drug-likeness (QED) is 0.620. The van der Waals surface area contributed by atoms with Crippen LogP contribution in [0.2, 0.25) is 0 Å². The van der Waals surface area contributed by atoms with Gasteiger partial charge in [-0.3, -0.25) is 4.79 Å². The third-order valence-corrected chi connectivity index (χ3v) is 6.24. The monoisotopic (exact) mass is 419 g/mol. The van der Waals surface area contributed by atoms with Crippen molar-refractivity contribution in [2.45, 2.75) is 4.90 Å². The zero-order chi connectivity index (χ0) is 20.9. The molecule has 0 saturated carbocycles. The van der Waals surface area contributed by atoms with E-state index in [2.05, 4.69) is 10.6 Å². The minimum atomic E-state index is -3.58. The lowest BCUT2D eigenvalue weighted by atomic mass is 10.2. The Morgan fingerprint density at radius 3 is 2.14 bits per heavy atom. The van der Waals surface area contributed by atoms with Crippen molar-refractivity contribution >= 4 is 33.3 Å². The van der Waals surface area contributed by atoms with Gasteiger partial charge in [0.1, 0.15) is 0 Å². The van der Waals surface area contributed by atoms with Crippen LogP contribution in [0.5, 0.6) is 0 Å². The summed E-state index contributed by atoms with van der Waals surface area (Å²) in [5.74, 6) is -1.34. The fourth-order valence-electron chi connectivity index (χ4n) is 2.76. The number of anilines is 2. The predicted molar refractivity (Wildman–Crippen MR) is 107 cm³/mol. The van der Waals surface area contributed by atoms with Crippen molar-refractivity contribution in [1.82, 2.24) is 4.31 Å². The van der Waals surface area contributed by atoms with Gasteiger partial charge in [0.2, 0.25) is 15.9 Å². The lowest BCUT2D eigenvalue weighted by Gasteiger charge is -2.26. The van der Waals surface area contributed by atoms with Gasteiger partial charge in [-0.05, 0) is 48.5 Å². The van der Waals surface area contributed by atoms with Gasteiger partial charge >= 0.3 is 5.97 Å². The van der Waals surface area contributed by atoms with Gasteiger partial charge in [-0.1, -0.05) is 0 Å². The topological polar surface area (TPSA) is 125 Å². The van der Waals surface area contributed by atoms with Gasteiger partial charge in [0, 0.05) is 24.5 Å². The highest BCUT2D eigenvalue weighted by atomic mass is 32.2. The van der Waals surface area contributed by atoms with E-state index < -0.39 is 16.0 Å². The van der Waals surface area contributed by atoms with Crippen LogP contribution in [-0.4, -0.2) is 62.6 Å². The number of carboxylic acid groups (broad SMARTS) is 1. The largest absolute Gasteiger partial charge is 0.478 e. The van der Waals surface area contributed by atoms with Gasteiger partial charge in [-0.25, -0.2) is 13.2 Å². The number of ether oxygens (including phenoxy) is 1. The molecule has 1 amide bonds. The maximum atomic E-state index is 12.6. The predicted octanol–water partition coefficient (Wildman–Crippen LogP) is 1.46. The summed E-state index contributed by atoms with van der Waals surface area (Å²) in [6.45, 7) is 1.36. The molecule has 1 aliphatic heterocycles. The number of hydrogen-bond acceptors (Lipinski definition) is 6. The average Bonchev–Trinajstić information content (AvgIpc) is 2.73. The molecular weight excluding hydrogens is 398 g/mol. The Labute approximate surface area is 168 Å². The Kier molecular flexibility index (Phi) is 6.47. The lowest BCUT2D eigenvalue weighted by Crippen LogP contribution is -2.40. The minimum Gasteiger partial charge on any atom is -0.478 e. The van der Waals surface area contributed by atoms with Crippen LogP contribution in [-0.2, 0) is 19.6 Å². The molecule has 0 aliphatic carbocycles. The lowest BCUT2D eigenvalue weighted by molar-refractivity contribution is -0.114. The number of carboxylic acids is 1. The maximum Gasteiger partial charge on any atom is 0.335 e. The number of rotatable bonds is 7. The summed E-state index contributed by atoms with van der Waals surface area (Å²) in [7, 11) is -3.58. The highest BCUT2D eigenvalue weighted by Gasteiger charge is 2.26. The minimum absolute atomic E-state index is 0.0275. The summed E-state index contributed by atoms with van der Waals surface area (Å²) in [5, 5.41) is 14.4. The van der Waals surface area contributed by atoms with Gasteiger partial charge in [0.25, 0.3) is 0 Å². The number of sulfonamides is 1. The number of amides is 1. The first-order valence-corrected chi connectivity index (χ1v) is 10.4. The second kappa shape index (κ2) is 9.03. The number of hydrogen-bond donors (Lipinski definition) is 3. The zero-order valence-electron chi connectivity index (χ0n) is 15.5. The van der Waals surface area contributed by atoms with E-state index in [1.54, 1.807) is 12.1 Å². The van der Waals surface area contributed by atoms with E-state index in [4.69, 9.17) is 9.84 Å². The molecule has 9 nitrogen and oxygen atoms in total. The summed E-state index contributed by atoms with van der Waals surface area (Å²) in [6.07, 6.45) is 0. The fraction of sp³-hybridized carbons (Fsp3) is 0.263. The van der Waals surface area contributed by atoms with Gasteiger partial charge in [0.05, 0.1) is 30.2 Å². The number of morpholine rings is 1. The Morgan fingerprint density at radius 2 is 1.55 bits per heavy atom. The number of aromatic carboxylic acids is 1. The molecular formula is C19H21N3O6S. The van der Waals surface area contributed by atoms with Gasteiger partial charge in [-0.15, -0.1) is 0 Å². The maximum absolute atomic E-state index is 12.6. The normalized spacial score (nSPS) is 14.9. The summed E-state index contributed by atoms with van der Waals surface area (Å²) in [6, 6.07) is 12.0. The zero-order valence-corrected chi connectivity index (χ0v) is 16.3. The molecule has 0 spiro atoms. The average molecular weight is 419 g/mol. The number of benzene rings is 2. The van der Waals surface area contributed by atoms with Crippen molar-refractivity contribution in [3.05, 3.63) is 54.1 Å². The summed E-state index contributed by atoms with van der Waals surface area (Å²) in [4.78, 5) is 23.1. The molecule has 0 bridgehead atoms. The van der Waals surface area contributed by atoms with Crippen molar-refractivity contribution in [3.8, 4) is 0 Å². The number of carbonyl (C=O) groups is 2. The van der Waals surface area contributed by atoms with E-state index in [-0.39, 0.29) is 22.9 Å². The van der Waals surface area contributed by atoms with Crippen LogP contribution in [0.3, 0.4) is 0 Å². The first-order valence-electron chi connectivity index (χ1n) is 8.91. The molecule has 1 fully saturated rings. The third-order valence-electron chi connectivity index (χ3n) is 4.33. The van der Waals surface area contributed by atoms with Crippen LogP contribution in [0.1, 0.15) is 10.4 Å². The molecule has 2 aromatic rings. The highest BCUT2D eigenvalue weighted by Crippen LogP contribution is 2.19. The molecule has 154 valence electrons. The Morgan fingerprint density at radius 1 is 0.966 bits per heavy atom. The number of nitrogens with zero attached hydrogens (tertiary/aromatic N) is 1. The first kappa shape index (κ1) is 20.8. The third kappa shape index (κ3) is 5.31. The second-order valence-corrected chi connectivity index (χ2v) is 8.26. The molecule has 1 aliphatic rings. The first-order chi connectivity index (χ1) is 13.9.